The molecule has 0 saturated carbocycles. The van der Waals surface area contributed by atoms with Gasteiger partial charge in [-0.05, 0) is 26.2 Å². The van der Waals surface area contributed by atoms with Gasteiger partial charge in [-0.3, -0.25) is 9.59 Å². The number of aryl methyl sites for hydroxylation is 1. The lowest BCUT2D eigenvalue weighted by Gasteiger charge is -2.18. The van der Waals surface area contributed by atoms with E-state index in [9.17, 15) is 9.59 Å². The maximum atomic E-state index is 12.5. The van der Waals surface area contributed by atoms with Gasteiger partial charge in [0.05, 0.1) is 0 Å². The van der Waals surface area contributed by atoms with Crippen LogP contribution >= 0.6 is 0 Å². The number of carbonyl (C=O) groups excluding carboxylic acids is 2. The minimum Gasteiger partial charge on any atom is -0.289 e. The van der Waals surface area contributed by atoms with Crippen molar-refractivity contribution in [2.24, 2.45) is 0 Å². The highest BCUT2D eigenvalue weighted by Crippen LogP contribution is 2.28. The van der Waals surface area contributed by atoms with Gasteiger partial charge in [-0.15, -0.1) is 10.2 Å². The fourth-order valence-electron chi connectivity index (χ4n) is 2.73. The molecule has 6 nitrogen and oxygen atoms in total. The van der Waals surface area contributed by atoms with Crippen LogP contribution in [0.15, 0.2) is 35.4 Å². The quantitative estimate of drug-likeness (QED) is 0.855. The molecule has 2 aromatic rings. The van der Waals surface area contributed by atoms with Gasteiger partial charge in [0.15, 0.2) is 17.4 Å². The van der Waals surface area contributed by atoms with E-state index < -0.39 is 0 Å². The van der Waals surface area contributed by atoms with Crippen LogP contribution < -0.4 is 0 Å². The Bertz CT molecular complexity index is 747. The minimum atomic E-state index is -0.0385. The summed E-state index contributed by atoms with van der Waals surface area (Å²) in [7, 11) is 0. The third-order valence-electron chi connectivity index (χ3n) is 3.95. The first kappa shape index (κ1) is 14.3. The highest BCUT2D eigenvalue weighted by atomic mass is 16.1. The van der Waals surface area contributed by atoms with Crippen molar-refractivity contribution < 1.29 is 9.59 Å². The topological polar surface area (TPSA) is 88.6 Å². The number of tetrazole rings is 1. The Hall–Kier alpha value is -2.63. The van der Waals surface area contributed by atoms with E-state index in [1.807, 2.05) is 0 Å². The first-order chi connectivity index (χ1) is 10.7. The molecule has 0 spiro atoms. The number of nitrogens with zero attached hydrogens (tertiary/aromatic N) is 3. The van der Waals surface area contributed by atoms with E-state index in [0.29, 0.717) is 40.9 Å². The van der Waals surface area contributed by atoms with E-state index in [0.717, 1.165) is 12.8 Å². The fourth-order valence-corrected chi connectivity index (χ4v) is 2.73. The van der Waals surface area contributed by atoms with Crippen LogP contribution in [0.4, 0.5) is 0 Å². The maximum Gasteiger partial charge on any atom is 0.190 e. The molecule has 0 unspecified atom stereocenters. The van der Waals surface area contributed by atoms with Gasteiger partial charge < -0.3 is 0 Å². The molecular weight excluding hydrogens is 280 g/mol. The van der Waals surface area contributed by atoms with Crippen LogP contribution in [0.5, 0.6) is 0 Å². The van der Waals surface area contributed by atoms with Crippen LogP contribution in [0.2, 0.25) is 0 Å². The van der Waals surface area contributed by atoms with Crippen molar-refractivity contribution in [1.82, 2.24) is 20.6 Å². The first-order valence-corrected chi connectivity index (χ1v) is 7.29. The Morgan fingerprint density at radius 1 is 1.00 bits per heavy atom. The lowest BCUT2D eigenvalue weighted by molar-refractivity contribution is 0.0971. The third kappa shape index (κ3) is 2.59. The highest BCUT2D eigenvalue weighted by molar-refractivity contribution is 6.26. The molecule has 112 valence electrons. The number of aromatic nitrogens is 4. The van der Waals surface area contributed by atoms with Crippen LogP contribution in [-0.2, 0) is 6.42 Å². The summed E-state index contributed by atoms with van der Waals surface area (Å²) < 4.78 is 0. The number of nitrogens with one attached hydrogen (secondary N) is 1. The van der Waals surface area contributed by atoms with Crippen molar-refractivity contribution in [1.29, 1.82) is 0 Å². The largest absolute Gasteiger partial charge is 0.289 e. The molecule has 1 heterocycles. The van der Waals surface area contributed by atoms with Crippen molar-refractivity contribution in [3.63, 3.8) is 0 Å². The molecule has 1 aromatic carbocycles. The smallest absolute Gasteiger partial charge is 0.190 e. The molecule has 0 bridgehead atoms. The average molecular weight is 296 g/mol. The van der Waals surface area contributed by atoms with Crippen LogP contribution in [0, 0.1) is 0 Å². The number of unbranched alkanes of at least 4 members (excludes halogenated alkanes) is 1. The number of H-pyrrole nitrogens is 1. The van der Waals surface area contributed by atoms with Gasteiger partial charge >= 0.3 is 0 Å². The average Bonchev–Trinajstić information content (AvgIpc) is 3.05. The Kier molecular flexibility index (Phi) is 3.91. The minimum absolute atomic E-state index is 0.0211. The van der Waals surface area contributed by atoms with Crippen molar-refractivity contribution >= 4 is 11.6 Å². The molecule has 1 aliphatic carbocycles. The Balaban J connectivity index is 1.69. The monoisotopic (exact) mass is 296 g/mol. The predicted molar refractivity (Wildman–Crippen MR) is 79.5 cm³/mol. The number of ketones is 2. The molecule has 0 amide bonds. The number of Topliss-reactive ketones (excluding diaryl/α,β-unsaturated/α-hetero) is 2. The molecule has 3 rings (SSSR count). The molecule has 0 atom stereocenters. The van der Waals surface area contributed by atoms with Crippen LogP contribution in [0.25, 0.3) is 0 Å². The van der Waals surface area contributed by atoms with Crippen LogP contribution in [0.1, 0.15) is 52.7 Å². The maximum absolute atomic E-state index is 12.5. The molecule has 0 fully saturated rings. The molecule has 1 aliphatic rings. The zero-order valence-electron chi connectivity index (χ0n) is 12.3. The number of allylic oxidation sites excluding steroid dienone is 2. The van der Waals surface area contributed by atoms with Gasteiger partial charge in [-0.2, -0.15) is 5.21 Å². The summed E-state index contributed by atoms with van der Waals surface area (Å²) in [6.45, 7) is 1.74. The van der Waals surface area contributed by atoms with E-state index in [4.69, 9.17) is 0 Å². The van der Waals surface area contributed by atoms with Gasteiger partial charge in [-0.1, -0.05) is 29.5 Å². The molecule has 1 N–H and O–H groups in total. The summed E-state index contributed by atoms with van der Waals surface area (Å²) >= 11 is 0. The molecule has 1 aromatic heterocycles. The van der Waals surface area contributed by atoms with Gasteiger partial charge in [0, 0.05) is 28.7 Å². The van der Waals surface area contributed by atoms with E-state index in [2.05, 4.69) is 20.6 Å². The van der Waals surface area contributed by atoms with E-state index >= 15 is 0 Å². The number of benzene rings is 1. The summed E-state index contributed by atoms with van der Waals surface area (Å²) in [5.41, 5.74) is 2.24. The Labute approximate surface area is 127 Å². The molecule has 0 saturated heterocycles. The highest BCUT2D eigenvalue weighted by Gasteiger charge is 2.28. The van der Waals surface area contributed by atoms with E-state index in [-0.39, 0.29) is 11.6 Å². The summed E-state index contributed by atoms with van der Waals surface area (Å²) in [6, 6.07) is 7.01. The molecule has 22 heavy (non-hydrogen) atoms. The SMILES string of the molecule is CC1=C(CCCCc2nn[nH]n2)C(=O)c2ccccc2C1=O. The molecule has 0 aliphatic heterocycles. The van der Waals surface area contributed by atoms with E-state index in [1.165, 1.54) is 0 Å². The molecule has 0 radical (unpaired) electrons. The van der Waals surface area contributed by atoms with Gasteiger partial charge in [-0.25, -0.2) is 0 Å². The van der Waals surface area contributed by atoms with E-state index in [1.54, 1.807) is 31.2 Å². The number of hydrogen-bond acceptors (Lipinski definition) is 5. The van der Waals surface area contributed by atoms with Crippen molar-refractivity contribution in [2.45, 2.75) is 32.6 Å². The Morgan fingerprint density at radius 3 is 2.36 bits per heavy atom. The summed E-state index contributed by atoms with van der Waals surface area (Å²) in [5, 5.41) is 13.7. The number of fused-ring (bicyclic) bond motifs is 1. The lowest BCUT2D eigenvalue weighted by atomic mass is 9.83. The fraction of sp³-hybridized carbons (Fsp3) is 0.312. The number of carbonyl (C=O) groups is 2. The van der Waals surface area contributed by atoms with Crippen LogP contribution in [-0.4, -0.2) is 32.2 Å². The second-order valence-electron chi connectivity index (χ2n) is 5.34. The van der Waals surface area contributed by atoms with Crippen LogP contribution in [0.3, 0.4) is 0 Å². The summed E-state index contributed by atoms with van der Waals surface area (Å²) in [6.07, 6.45) is 2.96. The zero-order chi connectivity index (χ0) is 15.5. The van der Waals surface area contributed by atoms with Crippen molar-refractivity contribution in [3.05, 3.63) is 52.4 Å². The molecular formula is C16H16N4O2. The Morgan fingerprint density at radius 2 is 1.68 bits per heavy atom. The van der Waals surface area contributed by atoms with Gasteiger partial charge in [0.25, 0.3) is 0 Å². The van der Waals surface area contributed by atoms with Crippen molar-refractivity contribution in [3.8, 4) is 0 Å². The standard InChI is InChI=1S/C16H16N4O2/c1-10-11(6-4-5-9-14-17-19-20-18-14)16(22)13-8-3-2-7-12(13)15(10)21/h2-3,7-8H,4-6,9H2,1H3,(H,17,18,19,20). The summed E-state index contributed by atoms with van der Waals surface area (Å²) in [5.74, 6) is 0.609. The normalized spacial score (nSPS) is 14.4. The summed E-state index contributed by atoms with van der Waals surface area (Å²) in [4.78, 5) is 24.9. The molecule has 6 heteroatoms. The first-order valence-electron chi connectivity index (χ1n) is 7.29. The predicted octanol–water partition coefficient (Wildman–Crippen LogP) is 2.31. The van der Waals surface area contributed by atoms with Crippen molar-refractivity contribution in [2.75, 3.05) is 0 Å². The number of aromatic amines is 1. The second kappa shape index (κ2) is 6.01. The van der Waals surface area contributed by atoms with Gasteiger partial charge in [0.1, 0.15) is 0 Å². The van der Waals surface area contributed by atoms with Gasteiger partial charge in [0.2, 0.25) is 0 Å². The number of rotatable bonds is 5. The second-order valence-corrected chi connectivity index (χ2v) is 5.34. The number of hydrogen-bond donors (Lipinski definition) is 1. The third-order valence-corrected chi connectivity index (χ3v) is 3.95. The lowest BCUT2D eigenvalue weighted by Crippen LogP contribution is -2.20. The zero-order valence-corrected chi connectivity index (χ0v) is 12.3.